The van der Waals surface area contributed by atoms with Crippen molar-refractivity contribution in [3.05, 3.63) is 24.3 Å². The maximum absolute atomic E-state index is 12.0. The molecule has 1 aromatic carbocycles. The van der Waals surface area contributed by atoms with E-state index < -0.39 is 0 Å². The van der Waals surface area contributed by atoms with Gasteiger partial charge in [-0.3, -0.25) is 5.32 Å². The zero-order valence-corrected chi connectivity index (χ0v) is 12.9. The first-order chi connectivity index (χ1) is 10.7. The highest BCUT2D eigenvalue weighted by Crippen LogP contribution is 2.26. The van der Waals surface area contributed by atoms with Crippen molar-refractivity contribution < 1.29 is 14.3 Å². The second kappa shape index (κ2) is 6.27. The van der Waals surface area contributed by atoms with E-state index in [1.807, 2.05) is 35.9 Å². The molecule has 0 aliphatic carbocycles. The number of fused-ring (bicyclic) bond motifs is 1. The zero-order chi connectivity index (χ0) is 15.5. The fourth-order valence-corrected chi connectivity index (χ4v) is 2.73. The third-order valence-corrected chi connectivity index (χ3v) is 4.01. The van der Waals surface area contributed by atoms with E-state index in [1.165, 1.54) is 0 Å². The molecule has 118 valence electrons. The van der Waals surface area contributed by atoms with Crippen LogP contribution in [0.2, 0.25) is 0 Å². The number of hydrogen-bond acceptors (Lipinski definition) is 3. The number of carbonyl (C=O) groups excluding carboxylic acids is 1. The fraction of sp³-hybridized carbons (Fsp3) is 0.438. The Bertz CT molecular complexity index is 675. The number of methoxy groups -OCH3 is 1. The lowest BCUT2D eigenvalue weighted by Gasteiger charge is -2.12. The number of nitrogens with one attached hydrogen (secondary N) is 2. The topological polar surface area (TPSA) is 64.5 Å². The standard InChI is InChI=1S/C16H21N3O3/c1-19-14-9-12(21-2)6-5-11(14)8-15(19)18-16(20)17-10-13-4-3-7-22-13/h5-6,8-9,13H,3-4,7,10H2,1-2H3,(H2,17,18,20). The van der Waals surface area contributed by atoms with E-state index in [-0.39, 0.29) is 12.1 Å². The van der Waals surface area contributed by atoms with E-state index in [9.17, 15) is 4.79 Å². The molecule has 1 unspecified atom stereocenters. The molecule has 0 spiro atoms. The molecule has 2 heterocycles. The van der Waals surface area contributed by atoms with Gasteiger partial charge in [-0.2, -0.15) is 0 Å². The molecule has 3 rings (SSSR count). The molecule has 22 heavy (non-hydrogen) atoms. The molecule has 1 fully saturated rings. The lowest BCUT2D eigenvalue weighted by Crippen LogP contribution is -2.35. The van der Waals surface area contributed by atoms with Crippen molar-refractivity contribution in [3.63, 3.8) is 0 Å². The van der Waals surface area contributed by atoms with E-state index >= 15 is 0 Å². The summed E-state index contributed by atoms with van der Waals surface area (Å²) in [6, 6.07) is 7.56. The van der Waals surface area contributed by atoms with Gasteiger partial charge >= 0.3 is 6.03 Å². The number of benzene rings is 1. The van der Waals surface area contributed by atoms with Gasteiger partial charge in [-0.1, -0.05) is 0 Å². The van der Waals surface area contributed by atoms with Crippen LogP contribution in [0.5, 0.6) is 5.75 Å². The summed E-state index contributed by atoms with van der Waals surface area (Å²) in [7, 11) is 3.55. The smallest absolute Gasteiger partial charge is 0.320 e. The summed E-state index contributed by atoms with van der Waals surface area (Å²) in [6.45, 7) is 1.34. The molecule has 0 bridgehead atoms. The highest BCUT2D eigenvalue weighted by atomic mass is 16.5. The Morgan fingerprint density at radius 1 is 1.45 bits per heavy atom. The maximum atomic E-state index is 12.0. The Labute approximate surface area is 129 Å². The average molecular weight is 303 g/mol. The number of carbonyl (C=O) groups is 1. The van der Waals surface area contributed by atoms with Crippen LogP contribution in [-0.4, -0.2) is 37.0 Å². The quantitative estimate of drug-likeness (QED) is 0.912. The number of hydrogen-bond donors (Lipinski definition) is 2. The van der Waals surface area contributed by atoms with Crippen molar-refractivity contribution in [1.29, 1.82) is 0 Å². The van der Waals surface area contributed by atoms with Gasteiger partial charge in [-0.25, -0.2) is 4.79 Å². The first-order valence-electron chi connectivity index (χ1n) is 7.47. The third-order valence-electron chi connectivity index (χ3n) is 4.01. The van der Waals surface area contributed by atoms with Gasteiger partial charge in [-0.15, -0.1) is 0 Å². The molecule has 2 amide bonds. The van der Waals surface area contributed by atoms with Gasteiger partial charge in [-0.05, 0) is 31.0 Å². The summed E-state index contributed by atoms with van der Waals surface area (Å²) in [5.74, 6) is 1.54. The number of anilines is 1. The number of ether oxygens (including phenoxy) is 2. The maximum Gasteiger partial charge on any atom is 0.320 e. The van der Waals surface area contributed by atoms with Crippen LogP contribution in [0.4, 0.5) is 10.6 Å². The zero-order valence-electron chi connectivity index (χ0n) is 12.9. The molecule has 2 aromatic rings. The number of amides is 2. The van der Waals surface area contributed by atoms with Crippen molar-refractivity contribution in [3.8, 4) is 5.75 Å². The summed E-state index contributed by atoms with van der Waals surface area (Å²) in [5.41, 5.74) is 1.01. The molecule has 1 aromatic heterocycles. The van der Waals surface area contributed by atoms with Gasteiger partial charge in [0.2, 0.25) is 0 Å². The van der Waals surface area contributed by atoms with Crippen LogP contribution < -0.4 is 15.4 Å². The molecule has 1 atom stereocenters. The lowest BCUT2D eigenvalue weighted by atomic mass is 10.2. The molecular formula is C16H21N3O3. The first kappa shape index (κ1) is 14.7. The highest BCUT2D eigenvalue weighted by molar-refractivity contribution is 5.94. The number of aromatic nitrogens is 1. The predicted octanol–water partition coefficient (Wildman–Crippen LogP) is 2.49. The first-order valence-corrected chi connectivity index (χ1v) is 7.47. The van der Waals surface area contributed by atoms with Crippen LogP contribution in [-0.2, 0) is 11.8 Å². The Morgan fingerprint density at radius 2 is 2.32 bits per heavy atom. The second-order valence-electron chi connectivity index (χ2n) is 5.48. The minimum atomic E-state index is -0.214. The van der Waals surface area contributed by atoms with Crippen molar-refractivity contribution in [2.75, 3.05) is 25.6 Å². The lowest BCUT2D eigenvalue weighted by molar-refractivity contribution is 0.112. The van der Waals surface area contributed by atoms with Gasteiger partial charge < -0.3 is 19.4 Å². The summed E-state index contributed by atoms with van der Waals surface area (Å²) in [4.78, 5) is 12.0. The number of aryl methyl sites for hydroxylation is 1. The average Bonchev–Trinajstić information content (AvgIpc) is 3.14. The molecule has 6 heteroatoms. The Morgan fingerprint density at radius 3 is 3.05 bits per heavy atom. The molecule has 1 aliphatic rings. The van der Waals surface area contributed by atoms with Crippen molar-refractivity contribution in [2.45, 2.75) is 18.9 Å². The monoisotopic (exact) mass is 303 g/mol. The van der Waals surface area contributed by atoms with Gasteiger partial charge in [0.25, 0.3) is 0 Å². The summed E-state index contributed by atoms with van der Waals surface area (Å²) in [5, 5.41) is 6.79. The summed E-state index contributed by atoms with van der Waals surface area (Å²) >= 11 is 0. The molecular weight excluding hydrogens is 282 g/mol. The van der Waals surface area contributed by atoms with Crippen molar-refractivity contribution in [1.82, 2.24) is 9.88 Å². The van der Waals surface area contributed by atoms with Crippen LogP contribution >= 0.6 is 0 Å². The van der Waals surface area contributed by atoms with E-state index in [1.54, 1.807) is 7.11 Å². The largest absolute Gasteiger partial charge is 0.497 e. The SMILES string of the molecule is COc1ccc2cc(NC(=O)NCC3CCCO3)n(C)c2c1. The van der Waals surface area contributed by atoms with E-state index in [0.29, 0.717) is 6.54 Å². The van der Waals surface area contributed by atoms with E-state index in [4.69, 9.17) is 9.47 Å². The minimum absolute atomic E-state index is 0.141. The van der Waals surface area contributed by atoms with Gasteiger partial charge in [0, 0.05) is 31.7 Å². The molecule has 6 nitrogen and oxygen atoms in total. The van der Waals surface area contributed by atoms with Crippen LogP contribution in [0.15, 0.2) is 24.3 Å². The summed E-state index contributed by atoms with van der Waals surface area (Å²) in [6.07, 6.45) is 2.22. The van der Waals surface area contributed by atoms with Gasteiger partial charge in [0.15, 0.2) is 0 Å². The van der Waals surface area contributed by atoms with Gasteiger partial charge in [0.05, 0.1) is 18.7 Å². The molecule has 1 aliphatic heterocycles. The van der Waals surface area contributed by atoms with Crippen molar-refractivity contribution in [2.24, 2.45) is 7.05 Å². The van der Waals surface area contributed by atoms with E-state index in [0.717, 1.165) is 41.9 Å². The molecule has 2 N–H and O–H groups in total. The molecule has 0 saturated carbocycles. The third kappa shape index (κ3) is 3.01. The minimum Gasteiger partial charge on any atom is -0.497 e. The second-order valence-corrected chi connectivity index (χ2v) is 5.48. The highest BCUT2D eigenvalue weighted by Gasteiger charge is 2.16. The van der Waals surface area contributed by atoms with Crippen LogP contribution in [0.25, 0.3) is 10.9 Å². The number of nitrogens with zero attached hydrogens (tertiary/aromatic N) is 1. The van der Waals surface area contributed by atoms with Crippen LogP contribution in [0.1, 0.15) is 12.8 Å². The fourth-order valence-electron chi connectivity index (χ4n) is 2.73. The Balaban J connectivity index is 1.67. The Hall–Kier alpha value is -2.21. The van der Waals surface area contributed by atoms with Gasteiger partial charge in [0.1, 0.15) is 11.6 Å². The number of urea groups is 1. The van der Waals surface area contributed by atoms with Crippen LogP contribution in [0, 0.1) is 0 Å². The van der Waals surface area contributed by atoms with Crippen LogP contribution in [0.3, 0.4) is 0 Å². The van der Waals surface area contributed by atoms with E-state index in [2.05, 4.69) is 10.6 Å². The Kier molecular flexibility index (Phi) is 4.20. The number of rotatable bonds is 4. The molecule has 0 radical (unpaired) electrons. The summed E-state index contributed by atoms with van der Waals surface area (Å²) < 4.78 is 12.7. The normalized spacial score (nSPS) is 17.6. The molecule has 1 saturated heterocycles. The van der Waals surface area contributed by atoms with Crippen molar-refractivity contribution >= 4 is 22.8 Å². The predicted molar refractivity (Wildman–Crippen MR) is 85.5 cm³/mol.